The highest BCUT2D eigenvalue weighted by atomic mass is 16.5. The van der Waals surface area contributed by atoms with Gasteiger partial charge < -0.3 is 4.74 Å². The van der Waals surface area contributed by atoms with Crippen molar-refractivity contribution in [3.8, 4) is 0 Å². The first-order chi connectivity index (χ1) is 8.70. The summed E-state index contributed by atoms with van der Waals surface area (Å²) in [5.41, 5.74) is 0.445. The van der Waals surface area contributed by atoms with Gasteiger partial charge in [-0.15, -0.1) is 0 Å². The molecule has 0 saturated carbocycles. The standard InChI is InChI=1S/C14H21NO3/c1-3-4-5-6-10-13(16)12-9-7-8-11-15(12)14(17)18-2/h6,9-10H,3-5,7-8,11H2,1-2H3/b10-6+. The second-order valence-corrected chi connectivity index (χ2v) is 4.26. The van der Waals surface area contributed by atoms with Crippen molar-refractivity contribution in [1.29, 1.82) is 0 Å². The number of amides is 1. The van der Waals surface area contributed by atoms with Gasteiger partial charge in [-0.1, -0.05) is 31.9 Å². The van der Waals surface area contributed by atoms with Crippen molar-refractivity contribution in [2.45, 2.75) is 39.0 Å². The maximum absolute atomic E-state index is 12.0. The van der Waals surface area contributed by atoms with Gasteiger partial charge in [0, 0.05) is 6.54 Å². The van der Waals surface area contributed by atoms with Crippen LogP contribution in [-0.4, -0.2) is 30.4 Å². The number of ether oxygens (including phenoxy) is 1. The molecule has 1 heterocycles. The van der Waals surface area contributed by atoms with E-state index in [1.807, 2.05) is 12.2 Å². The minimum absolute atomic E-state index is 0.115. The number of carbonyl (C=O) groups is 2. The minimum Gasteiger partial charge on any atom is -0.452 e. The second kappa shape index (κ2) is 7.69. The zero-order valence-corrected chi connectivity index (χ0v) is 11.1. The van der Waals surface area contributed by atoms with Crippen molar-refractivity contribution in [3.63, 3.8) is 0 Å². The molecule has 0 aromatic carbocycles. The number of rotatable bonds is 5. The van der Waals surface area contributed by atoms with E-state index in [1.54, 1.807) is 6.08 Å². The van der Waals surface area contributed by atoms with Crippen molar-refractivity contribution in [3.05, 3.63) is 23.9 Å². The number of nitrogens with zero attached hydrogens (tertiary/aromatic N) is 1. The van der Waals surface area contributed by atoms with Crippen LogP contribution in [0.3, 0.4) is 0 Å². The van der Waals surface area contributed by atoms with E-state index in [2.05, 4.69) is 11.7 Å². The van der Waals surface area contributed by atoms with E-state index < -0.39 is 6.09 Å². The normalized spacial score (nSPS) is 15.7. The first kappa shape index (κ1) is 14.5. The number of allylic oxidation sites excluding steroid dienone is 3. The van der Waals surface area contributed by atoms with Crippen molar-refractivity contribution in [2.75, 3.05) is 13.7 Å². The van der Waals surface area contributed by atoms with Crippen LogP contribution < -0.4 is 0 Å². The molecular formula is C14H21NO3. The first-order valence-corrected chi connectivity index (χ1v) is 6.47. The van der Waals surface area contributed by atoms with Crippen LogP contribution in [0.15, 0.2) is 23.9 Å². The molecule has 0 saturated heterocycles. The maximum atomic E-state index is 12.0. The van der Waals surface area contributed by atoms with E-state index in [9.17, 15) is 9.59 Å². The van der Waals surface area contributed by atoms with Gasteiger partial charge in [0.25, 0.3) is 0 Å². The first-order valence-electron chi connectivity index (χ1n) is 6.47. The number of hydrogen-bond acceptors (Lipinski definition) is 3. The third-order valence-corrected chi connectivity index (χ3v) is 2.86. The van der Waals surface area contributed by atoms with Crippen molar-refractivity contribution >= 4 is 11.9 Å². The molecule has 1 aliphatic heterocycles. The van der Waals surface area contributed by atoms with Gasteiger partial charge in [0.2, 0.25) is 5.78 Å². The molecule has 0 radical (unpaired) electrons. The van der Waals surface area contributed by atoms with Gasteiger partial charge in [0.1, 0.15) is 0 Å². The molecule has 100 valence electrons. The van der Waals surface area contributed by atoms with Crippen LogP contribution in [0, 0.1) is 0 Å². The molecule has 4 nitrogen and oxygen atoms in total. The third kappa shape index (κ3) is 4.02. The Morgan fingerprint density at radius 3 is 2.94 bits per heavy atom. The van der Waals surface area contributed by atoms with Crippen LogP contribution in [0.5, 0.6) is 0 Å². The van der Waals surface area contributed by atoms with Gasteiger partial charge in [-0.3, -0.25) is 9.69 Å². The van der Waals surface area contributed by atoms with E-state index in [0.29, 0.717) is 12.2 Å². The van der Waals surface area contributed by atoms with Crippen LogP contribution in [0.4, 0.5) is 4.79 Å². The summed E-state index contributed by atoms with van der Waals surface area (Å²) >= 11 is 0. The Labute approximate surface area is 108 Å². The predicted molar refractivity (Wildman–Crippen MR) is 70.1 cm³/mol. The lowest BCUT2D eigenvalue weighted by Crippen LogP contribution is -2.36. The average molecular weight is 251 g/mol. The molecule has 0 aliphatic carbocycles. The summed E-state index contributed by atoms with van der Waals surface area (Å²) in [7, 11) is 1.33. The number of carbonyl (C=O) groups excluding carboxylic acids is 2. The largest absolute Gasteiger partial charge is 0.452 e. The molecule has 0 bridgehead atoms. The van der Waals surface area contributed by atoms with Gasteiger partial charge in [-0.2, -0.15) is 0 Å². The van der Waals surface area contributed by atoms with E-state index in [-0.39, 0.29) is 5.78 Å². The second-order valence-electron chi connectivity index (χ2n) is 4.26. The number of unbranched alkanes of at least 4 members (excludes halogenated alkanes) is 2. The molecule has 0 atom stereocenters. The molecule has 0 unspecified atom stereocenters. The average Bonchev–Trinajstić information content (AvgIpc) is 2.42. The lowest BCUT2D eigenvalue weighted by Gasteiger charge is -2.25. The summed E-state index contributed by atoms with van der Waals surface area (Å²) in [6, 6.07) is 0. The highest BCUT2D eigenvalue weighted by molar-refractivity contribution is 6.05. The molecule has 18 heavy (non-hydrogen) atoms. The number of methoxy groups -OCH3 is 1. The van der Waals surface area contributed by atoms with Crippen LogP contribution in [0.1, 0.15) is 39.0 Å². The summed E-state index contributed by atoms with van der Waals surface area (Å²) in [4.78, 5) is 24.9. The number of hydrogen-bond donors (Lipinski definition) is 0. The molecule has 0 aromatic rings. The number of ketones is 1. The summed E-state index contributed by atoms with van der Waals surface area (Å²) in [5, 5.41) is 0. The molecular weight excluding hydrogens is 230 g/mol. The smallest absolute Gasteiger partial charge is 0.414 e. The Hall–Kier alpha value is -1.58. The molecule has 0 spiro atoms. The van der Waals surface area contributed by atoms with Crippen LogP contribution in [-0.2, 0) is 9.53 Å². The van der Waals surface area contributed by atoms with E-state index in [1.165, 1.54) is 12.0 Å². The van der Waals surface area contributed by atoms with E-state index in [4.69, 9.17) is 0 Å². The Bertz CT molecular complexity index is 358. The fourth-order valence-electron chi connectivity index (χ4n) is 1.85. The SMILES string of the molecule is CCCC/C=C/C(=O)C1=CCCCN1C(=O)OC. The quantitative estimate of drug-likeness (QED) is 0.557. The fraction of sp³-hybridized carbons (Fsp3) is 0.571. The van der Waals surface area contributed by atoms with Crippen molar-refractivity contribution < 1.29 is 14.3 Å². The van der Waals surface area contributed by atoms with Crippen LogP contribution in [0.2, 0.25) is 0 Å². The minimum atomic E-state index is -0.462. The molecule has 1 aliphatic rings. The molecule has 1 rings (SSSR count). The van der Waals surface area contributed by atoms with Crippen LogP contribution in [0.25, 0.3) is 0 Å². The van der Waals surface area contributed by atoms with Crippen molar-refractivity contribution in [1.82, 2.24) is 4.90 Å². The fourth-order valence-corrected chi connectivity index (χ4v) is 1.85. The third-order valence-electron chi connectivity index (χ3n) is 2.86. The molecule has 0 aromatic heterocycles. The Balaban J connectivity index is 2.66. The maximum Gasteiger partial charge on any atom is 0.414 e. The molecule has 0 N–H and O–H groups in total. The summed E-state index contributed by atoms with van der Waals surface area (Å²) < 4.78 is 4.68. The van der Waals surface area contributed by atoms with Gasteiger partial charge in [-0.05, 0) is 25.3 Å². The molecule has 0 fully saturated rings. The summed E-state index contributed by atoms with van der Waals surface area (Å²) in [6.07, 6.45) is 9.55. The van der Waals surface area contributed by atoms with Gasteiger partial charge in [-0.25, -0.2) is 4.79 Å². The van der Waals surface area contributed by atoms with E-state index >= 15 is 0 Å². The predicted octanol–water partition coefficient (Wildman–Crippen LogP) is 3.05. The van der Waals surface area contributed by atoms with Gasteiger partial charge in [0.05, 0.1) is 12.8 Å². The van der Waals surface area contributed by atoms with Gasteiger partial charge in [0.15, 0.2) is 0 Å². The van der Waals surface area contributed by atoms with Crippen LogP contribution >= 0.6 is 0 Å². The van der Waals surface area contributed by atoms with Gasteiger partial charge >= 0.3 is 6.09 Å². The Morgan fingerprint density at radius 1 is 1.50 bits per heavy atom. The Kier molecular flexibility index (Phi) is 6.19. The summed E-state index contributed by atoms with van der Waals surface area (Å²) in [6.45, 7) is 2.66. The monoisotopic (exact) mass is 251 g/mol. The lowest BCUT2D eigenvalue weighted by molar-refractivity contribution is -0.112. The molecule has 1 amide bonds. The Morgan fingerprint density at radius 2 is 2.28 bits per heavy atom. The lowest BCUT2D eigenvalue weighted by atomic mass is 10.1. The highest BCUT2D eigenvalue weighted by Crippen LogP contribution is 2.17. The topological polar surface area (TPSA) is 46.6 Å². The molecule has 4 heteroatoms. The van der Waals surface area contributed by atoms with E-state index in [0.717, 1.165) is 32.1 Å². The zero-order valence-electron chi connectivity index (χ0n) is 11.1. The summed E-state index contributed by atoms with van der Waals surface area (Å²) in [5.74, 6) is -0.115. The highest BCUT2D eigenvalue weighted by Gasteiger charge is 2.24. The zero-order chi connectivity index (χ0) is 13.4. The van der Waals surface area contributed by atoms with Crippen molar-refractivity contribution in [2.24, 2.45) is 0 Å².